The predicted octanol–water partition coefficient (Wildman–Crippen LogP) is 6.74. The summed E-state index contributed by atoms with van der Waals surface area (Å²) >= 11 is 12.8. The van der Waals surface area contributed by atoms with Gasteiger partial charge in [-0.15, -0.1) is 0 Å². The number of rotatable bonds is 8. The van der Waals surface area contributed by atoms with Crippen molar-refractivity contribution in [2.45, 2.75) is 24.2 Å². The van der Waals surface area contributed by atoms with Gasteiger partial charge >= 0.3 is 0 Å². The van der Waals surface area contributed by atoms with Gasteiger partial charge < -0.3 is 24.2 Å². The molecule has 4 aromatic carbocycles. The lowest BCUT2D eigenvalue weighted by atomic mass is 9.49. The highest BCUT2D eigenvalue weighted by molar-refractivity contribution is 6.36. The third kappa shape index (κ3) is 5.83. The van der Waals surface area contributed by atoms with E-state index in [9.17, 15) is 14.7 Å². The zero-order chi connectivity index (χ0) is 40.5. The molecular weight excluding hydrogens is 783 g/mol. The molecule has 58 heavy (non-hydrogen) atoms. The summed E-state index contributed by atoms with van der Waals surface area (Å²) in [7, 11) is 3.02. The number of hydrogen-bond acceptors (Lipinski definition) is 10. The Morgan fingerprint density at radius 2 is 1.53 bits per heavy atom. The average molecular weight is 824 g/mol. The highest BCUT2D eigenvalue weighted by Gasteiger charge is 2.70. The smallest absolute Gasteiger partial charge is 0.260 e. The van der Waals surface area contributed by atoms with Gasteiger partial charge in [-0.3, -0.25) is 29.5 Å². The number of imide groups is 2. The molecule has 3 saturated heterocycles. The first-order valence-electron chi connectivity index (χ1n) is 19.2. The number of aromatic hydroxyl groups is 1. The van der Waals surface area contributed by atoms with Gasteiger partial charge in [-0.25, -0.2) is 0 Å². The molecule has 0 bridgehead atoms. The molecule has 4 amide bonds. The van der Waals surface area contributed by atoms with Crippen LogP contribution in [0.25, 0.3) is 0 Å². The summed E-state index contributed by atoms with van der Waals surface area (Å²) in [5.41, 5.74) is 4.99. The quantitative estimate of drug-likeness (QED) is 0.145. The molecule has 0 unspecified atom stereocenters. The van der Waals surface area contributed by atoms with Gasteiger partial charge in [0, 0.05) is 41.3 Å². The fourth-order valence-electron chi connectivity index (χ4n) is 10.0. The SMILES string of the molecule is COc1ccc([C@@]23C(=O)N(Nc4ccc(Cl)cc4Cl)C(=O)[C@@H]2C[C@@H]2C(=CC[C@@H]4C(=O)N(c5ccc(N6CCOCC6)cc5)C(=O)[C@@H]42)[C@@H]3c2ccc(O)cc2OC)cc1. The van der Waals surface area contributed by atoms with Crippen LogP contribution in [-0.4, -0.2) is 74.3 Å². The summed E-state index contributed by atoms with van der Waals surface area (Å²) in [5.74, 6) is -4.92. The molecule has 2 N–H and O–H groups in total. The van der Waals surface area contributed by atoms with Crippen LogP contribution in [0, 0.1) is 23.7 Å². The minimum absolute atomic E-state index is 0.0537. The Morgan fingerprint density at radius 3 is 2.22 bits per heavy atom. The van der Waals surface area contributed by atoms with E-state index >= 15 is 9.59 Å². The Morgan fingerprint density at radius 1 is 0.810 bits per heavy atom. The number of nitrogens with one attached hydrogen (secondary N) is 1. The Balaban J connectivity index is 1.19. The monoisotopic (exact) mass is 822 g/mol. The molecule has 9 rings (SSSR count). The summed E-state index contributed by atoms with van der Waals surface area (Å²) < 4.78 is 16.9. The van der Waals surface area contributed by atoms with Gasteiger partial charge in [0.1, 0.15) is 17.2 Å². The molecule has 3 heterocycles. The average Bonchev–Trinajstić information content (AvgIpc) is 3.62. The number of allylic oxidation sites excluding steroid dienone is 2. The molecule has 14 heteroatoms. The van der Waals surface area contributed by atoms with Crippen LogP contribution in [0.5, 0.6) is 17.2 Å². The first-order chi connectivity index (χ1) is 28.1. The van der Waals surface area contributed by atoms with Crippen LogP contribution in [0.1, 0.15) is 29.9 Å². The number of halogens is 2. The van der Waals surface area contributed by atoms with Crippen molar-refractivity contribution in [3.05, 3.63) is 118 Å². The topological polar surface area (TPSA) is 138 Å². The maximum absolute atomic E-state index is 15.5. The summed E-state index contributed by atoms with van der Waals surface area (Å²) in [5, 5.41) is 12.2. The number of morpholine rings is 1. The highest BCUT2D eigenvalue weighted by atomic mass is 35.5. The minimum atomic E-state index is -1.59. The van der Waals surface area contributed by atoms with Crippen molar-refractivity contribution in [2.75, 3.05) is 55.7 Å². The second-order valence-electron chi connectivity index (χ2n) is 15.3. The van der Waals surface area contributed by atoms with E-state index in [0.29, 0.717) is 52.2 Å². The van der Waals surface area contributed by atoms with Crippen molar-refractivity contribution >= 4 is 63.9 Å². The number of hydrazine groups is 1. The van der Waals surface area contributed by atoms with E-state index in [-0.39, 0.29) is 35.4 Å². The van der Waals surface area contributed by atoms with Crippen LogP contribution in [0.4, 0.5) is 17.1 Å². The molecule has 4 fully saturated rings. The summed E-state index contributed by atoms with van der Waals surface area (Å²) in [4.78, 5) is 63.2. The maximum Gasteiger partial charge on any atom is 0.260 e. The Hall–Kier alpha value is -5.56. The number of carbonyl (C=O) groups is 4. The fraction of sp³-hybridized carbons (Fsp3) is 0.318. The molecule has 2 aliphatic carbocycles. The molecule has 12 nitrogen and oxygen atoms in total. The molecule has 3 aliphatic heterocycles. The Kier molecular flexibility index (Phi) is 9.61. The minimum Gasteiger partial charge on any atom is -0.508 e. The van der Waals surface area contributed by atoms with Crippen molar-refractivity contribution in [3.8, 4) is 17.2 Å². The number of nitrogens with zero attached hydrogens (tertiary/aromatic N) is 3. The van der Waals surface area contributed by atoms with Crippen LogP contribution in [0.2, 0.25) is 10.0 Å². The number of benzene rings is 4. The van der Waals surface area contributed by atoms with Crippen molar-refractivity contribution in [2.24, 2.45) is 23.7 Å². The Labute approximate surface area is 344 Å². The van der Waals surface area contributed by atoms with Gasteiger partial charge in [-0.2, -0.15) is 5.01 Å². The first kappa shape index (κ1) is 38.0. The van der Waals surface area contributed by atoms with Crippen LogP contribution in [0.3, 0.4) is 0 Å². The molecule has 298 valence electrons. The van der Waals surface area contributed by atoms with E-state index in [2.05, 4.69) is 10.3 Å². The van der Waals surface area contributed by atoms with Crippen molar-refractivity contribution in [1.29, 1.82) is 0 Å². The third-order valence-electron chi connectivity index (χ3n) is 12.6. The van der Waals surface area contributed by atoms with Crippen LogP contribution < -0.4 is 24.7 Å². The standard InChI is InChI=1S/C44H40Cl2N4O8/c1-56-29-11-3-24(4-12-29)44-34(41(53)50(43(44)55)47-36-16-5-25(45)21-35(36)46)23-33-30(39(44)31-13-10-28(51)22-37(31)57-2)14-15-32-38(33)42(54)49(40(32)52)27-8-6-26(7-9-27)48-17-19-58-20-18-48/h3-14,16,21-22,32-34,38-39,47,51H,15,17-20,23H2,1-2H3/t32-,33+,34-,38-,39+,44+/m0/s1. The van der Waals surface area contributed by atoms with E-state index in [1.54, 1.807) is 61.7 Å². The van der Waals surface area contributed by atoms with E-state index in [1.165, 1.54) is 30.2 Å². The predicted molar refractivity (Wildman–Crippen MR) is 217 cm³/mol. The second kappa shape index (κ2) is 14.7. The highest BCUT2D eigenvalue weighted by Crippen LogP contribution is 2.65. The molecule has 6 atom stereocenters. The molecule has 5 aliphatic rings. The largest absolute Gasteiger partial charge is 0.508 e. The number of anilines is 3. The van der Waals surface area contributed by atoms with E-state index in [1.807, 2.05) is 18.2 Å². The van der Waals surface area contributed by atoms with Crippen LogP contribution >= 0.6 is 23.2 Å². The van der Waals surface area contributed by atoms with Crippen molar-refractivity contribution in [1.82, 2.24) is 5.01 Å². The fourth-order valence-corrected chi connectivity index (χ4v) is 10.5. The molecule has 0 aromatic heterocycles. The lowest BCUT2D eigenvalue weighted by Crippen LogP contribution is -2.53. The summed E-state index contributed by atoms with van der Waals surface area (Å²) in [6, 6.07) is 23.9. The van der Waals surface area contributed by atoms with Gasteiger partial charge in [0.2, 0.25) is 11.8 Å². The molecule has 4 aromatic rings. The number of fused-ring (bicyclic) bond motifs is 4. The van der Waals surface area contributed by atoms with Crippen LogP contribution in [0.15, 0.2) is 96.6 Å². The number of phenolic OH excluding ortho intramolecular Hbond substituents is 1. The number of amides is 4. The molecule has 0 radical (unpaired) electrons. The van der Waals surface area contributed by atoms with Crippen molar-refractivity contribution in [3.63, 3.8) is 0 Å². The number of ether oxygens (including phenoxy) is 3. The number of carbonyl (C=O) groups excluding carboxylic acids is 4. The summed E-state index contributed by atoms with van der Waals surface area (Å²) in [6.07, 6.45) is 2.31. The number of hydrogen-bond donors (Lipinski definition) is 2. The van der Waals surface area contributed by atoms with Gasteiger partial charge in [0.05, 0.1) is 67.0 Å². The van der Waals surface area contributed by atoms with E-state index in [0.717, 1.165) is 29.4 Å². The van der Waals surface area contributed by atoms with Gasteiger partial charge in [0.25, 0.3) is 11.8 Å². The molecular formula is C44H40Cl2N4O8. The van der Waals surface area contributed by atoms with Gasteiger partial charge in [0.15, 0.2) is 0 Å². The zero-order valence-electron chi connectivity index (χ0n) is 31.7. The Bertz CT molecular complexity index is 2370. The number of methoxy groups -OCH3 is 2. The second-order valence-corrected chi connectivity index (χ2v) is 16.1. The molecule has 0 spiro atoms. The van der Waals surface area contributed by atoms with Gasteiger partial charge in [-0.05, 0) is 85.0 Å². The van der Waals surface area contributed by atoms with Crippen LogP contribution in [-0.2, 0) is 29.3 Å². The van der Waals surface area contributed by atoms with Crippen molar-refractivity contribution < 1.29 is 38.5 Å². The lowest BCUT2D eigenvalue weighted by Gasteiger charge is -2.50. The van der Waals surface area contributed by atoms with E-state index < -0.39 is 46.8 Å². The first-order valence-corrected chi connectivity index (χ1v) is 19.9. The van der Waals surface area contributed by atoms with Gasteiger partial charge in [-0.1, -0.05) is 53.1 Å². The van der Waals surface area contributed by atoms with E-state index in [4.69, 9.17) is 37.4 Å². The zero-order valence-corrected chi connectivity index (χ0v) is 33.2. The normalized spacial score (nSPS) is 26.6. The lowest BCUT2D eigenvalue weighted by molar-refractivity contribution is -0.138. The molecule has 1 saturated carbocycles. The third-order valence-corrected chi connectivity index (χ3v) is 13.1. The number of phenols is 1. The maximum atomic E-state index is 15.5. The summed E-state index contributed by atoms with van der Waals surface area (Å²) in [6.45, 7) is 2.74.